The van der Waals surface area contributed by atoms with Crippen molar-refractivity contribution in [2.45, 2.75) is 51.9 Å². The van der Waals surface area contributed by atoms with Gasteiger partial charge in [0, 0.05) is 35.5 Å². The minimum absolute atomic E-state index is 0.0585. The first kappa shape index (κ1) is 21.6. The highest BCUT2D eigenvalue weighted by atomic mass is 16.5. The second-order valence-electron chi connectivity index (χ2n) is 9.30. The van der Waals surface area contributed by atoms with Crippen LogP contribution in [0.2, 0.25) is 0 Å². The summed E-state index contributed by atoms with van der Waals surface area (Å²) in [6, 6.07) is 9.81. The topological polar surface area (TPSA) is 107 Å². The molecule has 6 rings (SSSR count). The molecule has 8 heteroatoms. The molecular weight excluding hydrogens is 440 g/mol. The van der Waals surface area contributed by atoms with Gasteiger partial charge in [-0.2, -0.15) is 0 Å². The van der Waals surface area contributed by atoms with E-state index in [1.165, 1.54) is 0 Å². The number of amides is 1. The number of anilines is 2. The van der Waals surface area contributed by atoms with Crippen LogP contribution in [-0.4, -0.2) is 25.8 Å². The van der Waals surface area contributed by atoms with E-state index in [0.717, 1.165) is 57.6 Å². The van der Waals surface area contributed by atoms with Crippen molar-refractivity contribution in [1.29, 1.82) is 0 Å². The zero-order chi connectivity index (χ0) is 24.1. The number of aromatic nitrogens is 4. The first-order chi connectivity index (χ1) is 17.0. The van der Waals surface area contributed by atoms with E-state index in [0.29, 0.717) is 30.5 Å². The van der Waals surface area contributed by atoms with Crippen LogP contribution in [0.15, 0.2) is 48.9 Å². The maximum atomic E-state index is 13.7. The Bertz CT molecular complexity index is 1450. The van der Waals surface area contributed by atoms with E-state index in [4.69, 9.17) is 10.5 Å². The first-order valence-corrected chi connectivity index (χ1v) is 11.9. The minimum atomic E-state index is -0.174. The van der Waals surface area contributed by atoms with Gasteiger partial charge in [0.15, 0.2) is 0 Å². The lowest BCUT2D eigenvalue weighted by molar-refractivity contribution is 0.0801. The Labute approximate surface area is 203 Å². The summed E-state index contributed by atoms with van der Waals surface area (Å²) in [5, 5.41) is 1.03. The summed E-state index contributed by atoms with van der Waals surface area (Å²) in [5.41, 5.74) is 12.0. The number of hydrogen-bond acceptors (Lipinski definition) is 7. The number of hydrogen-bond donors (Lipinski definition) is 1. The molecule has 4 heterocycles. The standard InChI is InChI=1S/C27H26N6O2/c1-15-23(4-3-9-29-15)33(27(34)19-11-30-26(31-12-19)18-6-7-18)13-17-5-8-20-21-14-35-16(2)24(21)25(28)32-22(20)10-17/h3-5,8-12,16,18H,6-7,13-14H2,1-2H3,(H2,28,32)/t16-/m1/s1. The Morgan fingerprint density at radius 2 is 1.97 bits per heavy atom. The number of pyridine rings is 2. The summed E-state index contributed by atoms with van der Waals surface area (Å²) >= 11 is 0. The zero-order valence-electron chi connectivity index (χ0n) is 19.7. The van der Waals surface area contributed by atoms with Gasteiger partial charge in [-0.05, 0) is 56.0 Å². The molecule has 1 saturated carbocycles. The molecule has 4 aromatic rings. The second kappa shape index (κ2) is 8.39. The molecule has 3 aromatic heterocycles. The smallest absolute Gasteiger partial charge is 0.261 e. The molecule has 0 bridgehead atoms. The summed E-state index contributed by atoms with van der Waals surface area (Å²) < 4.78 is 5.79. The SMILES string of the molecule is Cc1ncccc1N(Cc1ccc2c3c(c(N)nc2c1)[C@@H](C)OC3)C(=O)c1cnc(C2CC2)nc1. The molecule has 0 saturated heterocycles. The number of benzene rings is 1. The molecule has 2 N–H and O–H groups in total. The number of fused-ring (bicyclic) bond motifs is 3. The highest BCUT2D eigenvalue weighted by Crippen LogP contribution is 2.39. The molecule has 176 valence electrons. The summed E-state index contributed by atoms with van der Waals surface area (Å²) in [5.74, 6) is 1.57. The normalized spacial score (nSPS) is 16.9. The van der Waals surface area contributed by atoms with Gasteiger partial charge in [-0.3, -0.25) is 9.78 Å². The summed E-state index contributed by atoms with van der Waals surface area (Å²) in [6.07, 6.45) is 7.16. The van der Waals surface area contributed by atoms with Crippen molar-refractivity contribution < 1.29 is 9.53 Å². The van der Waals surface area contributed by atoms with Gasteiger partial charge in [0.05, 0.1) is 41.7 Å². The third-order valence-corrected chi connectivity index (χ3v) is 6.83. The molecular formula is C27H26N6O2. The van der Waals surface area contributed by atoms with E-state index in [9.17, 15) is 4.79 Å². The summed E-state index contributed by atoms with van der Waals surface area (Å²) in [7, 11) is 0. The Kier molecular flexibility index (Phi) is 5.18. The maximum Gasteiger partial charge on any atom is 0.261 e. The van der Waals surface area contributed by atoms with E-state index in [1.807, 2.05) is 44.2 Å². The number of carbonyl (C=O) groups excluding carboxylic acids is 1. The maximum absolute atomic E-state index is 13.7. The first-order valence-electron chi connectivity index (χ1n) is 11.9. The van der Waals surface area contributed by atoms with Crippen molar-refractivity contribution in [2.24, 2.45) is 0 Å². The van der Waals surface area contributed by atoms with Crippen LogP contribution in [-0.2, 0) is 17.9 Å². The number of nitrogens with two attached hydrogens (primary N) is 1. The van der Waals surface area contributed by atoms with Gasteiger partial charge < -0.3 is 15.4 Å². The number of aryl methyl sites for hydroxylation is 1. The van der Waals surface area contributed by atoms with Crippen molar-refractivity contribution in [3.63, 3.8) is 0 Å². The zero-order valence-corrected chi connectivity index (χ0v) is 19.7. The van der Waals surface area contributed by atoms with E-state index >= 15 is 0 Å². The van der Waals surface area contributed by atoms with Crippen molar-refractivity contribution in [3.8, 4) is 0 Å². The van der Waals surface area contributed by atoms with Crippen LogP contribution < -0.4 is 10.6 Å². The summed E-state index contributed by atoms with van der Waals surface area (Å²) in [4.78, 5) is 33.3. The Balaban J connectivity index is 1.37. The Hall–Kier alpha value is -3.91. The number of nitrogens with zero attached hydrogens (tertiary/aromatic N) is 5. The number of ether oxygens (including phenoxy) is 1. The molecule has 1 atom stereocenters. The molecule has 1 aliphatic carbocycles. The number of carbonyl (C=O) groups is 1. The molecule has 1 aromatic carbocycles. The van der Waals surface area contributed by atoms with Crippen LogP contribution in [0, 0.1) is 6.92 Å². The fourth-order valence-corrected chi connectivity index (χ4v) is 4.78. The number of nitrogen functional groups attached to an aromatic ring is 1. The van der Waals surface area contributed by atoms with Crippen LogP contribution in [0.5, 0.6) is 0 Å². The molecule has 1 fully saturated rings. The van der Waals surface area contributed by atoms with E-state index in [2.05, 4.69) is 19.9 Å². The lowest BCUT2D eigenvalue weighted by atomic mass is 10.0. The van der Waals surface area contributed by atoms with Crippen molar-refractivity contribution >= 4 is 28.3 Å². The van der Waals surface area contributed by atoms with Crippen LogP contribution in [0.3, 0.4) is 0 Å². The fraction of sp³-hybridized carbons (Fsp3) is 0.296. The van der Waals surface area contributed by atoms with Gasteiger partial charge in [-0.15, -0.1) is 0 Å². The predicted molar refractivity (Wildman–Crippen MR) is 133 cm³/mol. The Morgan fingerprint density at radius 3 is 2.71 bits per heavy atom. The highest BCUT2D eigenvalue weighted by molar-refractivity contribution is 6.06. The highest BCUT2D eigenvalue weighted by Gasteiger charge is 2.28. The van der Waals surface area contributed by atoms with E-state index < -0.39 is 0 Å². The predicted octanol–water partition coefficient (Wildman–Crippen LogP) is 4.63. The lowest BCUT2D eigenvalue weighted by Gasteiger charge is -2.24. The molecule has 1 aliphatic heterocycles. The van der Waals surface area contributed by atoms with Crippen LogP contribution in [0.25, 0.3) is 10.9 Å². The van der Waals surface area contributed by atoms with Crippen molar-refractivity contribution in [3.05, 3.63) is 82.7 Å². The average molecular weight is 467 g/mol. The van der Waals surface area contributed by atoms with Crippen molar-refractivity contribution in [2.75, 3.05) is 10.6 Å². The van der Waals surface area contributed by atoms with Gasteiger partial charge >= 0.3 is 0 Å². The minimum Gasteiger partial charge on any atom is -0.383 e. The quantitative estimate of drug-likeness (QED) is 0.457. The van der Waals surface area contributed by atoms with E-state index in [-0.39, 0.29) is 12.0 Å². The largest absolute Gasteiger partial charge is 0.383 e. The molecule has 35 heavy (non-hydrogen) atoms. The van der Waals surface area contributed by atoms with Gasteiger partial charge in [0.2, 0.25) is 0 Å². The van der Waals surface area contributed by atoms with E-state index in [1.54, 1.807) is 23.5 Å². The average Bonchev–Trinajstić information content (AvgIpc) is 3.64. The molecule has 1 amide bonds. The van der Waals surface area contributed by atoms with Gasteiger partial charge in [-0.25, -0.2) is 15.0 Å². The van der Waals surface area contributed by atoms with Crippen molar-refractivity contribution in [1.82, 2.24) is 19.9 Å². The Morgan fingerprint density at radius 1 is 1.17 bits per heavy atom. The molecule has 8 nitrogen and oxygen atoms in total. The molecule has 2 aliphatic rings. The summed E-state index contributed by atoms with van der Waals surface area (Å²) in [6.45, 7) is 4.76. The third kappa shape index (κ3) is 3.89. The van der Waals surface area contributed by atoms with Crippen LogP contribution in [0.4, 0.5) is 11.5 Å². The van der Waals surface area contributed by atoms with Gasteiger partial charge in [-0.1, -0.05) is 12.1 Å². The fourth-order valence-electron chi connectivity index (χ4n) is 4.78. The van der Waals surface area contributed by atoms with Gasteiger partial charge in [0.1, 0.15) is 11.6 Å². The third-order valence-electron chi connectivity index (χ3n) is 6.83. The second-order valence-corrected chi connectivity index (χ2v) is 9.30. The van der Waals surface area contributed by atoms with Crippen LogP contribution >= 0.6 is 0 Å². The molecule has 0 spiro atoms. The monoisotopic (exact) mass is 466 g/mol. The number of rotatable bonds is 5. The van der Waals surface area contributed by atoms with Gasteiger partial charge in [0.25, 0.3) is 5.91 Å². The van der Waals surface area contributed by atoms with Crippen LogP contribution in [0.1, 0.15) is 70.4 Å². The lowest BCUT2D eigenvalue weighted by Crippen LogP contribution is -2.31. The molecule has 0 radical (unpaired) electrons. The molecule has 0 unspecified atom stereocenters.